The van der Waals surface area contributed by atoms with Gasteiger partial charge >= 0.3 is 5.97 Å². The lowest BCUT2D eigenvalue weighted by Crippen LogP contribution is -2.41. The number of carbonyl (C=O) groups is 2. The zero-order chi connectivity index (χ0) is 28.8. The zero-order valence-electron chi connectivity index (χ0n) is 23.9. The van der Waals surface area contributed by atoms with Crippen LogP contribution in [-0.4, -0.2) is 58.5 Å². The van der Waals surface area contributed by atoms with Gasteiger partial charge in [-0.2, -0.15) is 0 Å². The number of esters is 1. The quantitative estimate of drug-likeness (QED) is 0.0937. The van der Waals surface area contributed by atoms with Gasteiger partial charge in [-0.3, -0.25) is 9.28 Å². The number of ketones is 1. The normalized spacial score (nSPS) is 17.4. The Morgan fingerprint density at radius 2 is 1.74 bits per heavy atom. The Labute approximate surface area is 238 Å². The van der Waals surface area contributed by atoms with E-state index < -0.39 is 14.3 Å². The molecule has 1 aliphatic heterocycles. The van der Waals surface area contributed by atoms with E-state index in [0.29, 0.717) is 57.4 Å². The first kappa shape index (κ1) is 30.6. The summed E-state index contributed by atoms with van der Waals surface area (Å²) in [6.45, 7) is 12.6. The van der Waals surface area contributed by atoms with Crippen molar-refractivity contribution in [2.45, 2.75) is 38.9 Å². The molecule has 39 heavy (non-hydrogen) atoms. The molecule has 0 bridgehead atoms. The highest BCUT2D eigenvalue weighted by atomic mass is 35.5. The van der Waals surface area contributed by atoms with Crippen LogP contribution in [0.2, 0.25) is 23.2 Å². The second-order valence-electron chi connectivity index (χ2n) is 11.3. The van der Waals surface area contributed by atoms with Crippen molar-refractivity contribution in [3.8, 4) is 5.75 Å². The number of likely N-dealkylation sites (N-methyl/N-ethyl adjacent to an activating group) is 1. The average Bonchev–Trinajstić information content (AvgIpc) is 3.27. The van der Waals surface area contributed by atoms with Crippen molar-refractivity contribution >= 4 is 37.7 Å². The van der Waals surface area contributed by atoms with E-state index in [1.165, 1.54) is 7.11 Å². The Kier molecular flexibility index (Phi) is 9.77. The monoisotopic (exact) mass is 568 g/mol. The molecule has 0 fully saturated rings. The van der Waals surface area contributed by atoms with E-state index >= 15 is 0 Å². The van der Waals surface area contributed by atoms with Gasteiger partial charge in [0, 0.05) is 16.7 Å². The molecule has 0 aromatic heterocycles. The van der Waals surface area contributed by atoms with Gasteiger partial charge in [0.2, 0.25) is 5.78 Å². The largest absolute Gasteiger partial charge is 0.491 e. The molecule has 2 aromatic rings. The molecule has 0 amide bonds. The predicted molar refractivity (Wildman–Crippen MR) is 160 cm³/mol. The number of hydrogen-bond donors (Lipinski definition) is 0. The molecule has 1 unspecified atom stereocenters. The molecular weight excluding hydrogens is 530 g/mol. The van der Waals surface area contributed by atoms with Crippen molar-refractivity contribution in [3.63, 3.8) is 0 Å². The maximum absolute atomic E-state index is 13.4. The second kappa shape index (κ2) is 12.5. The van der Waals surface area contributed by atoms with E-state index in [1.54, 1.807) is 30.3 Å². The van der Waals surface area contributed by atoms with Gasteiger partial charge in [0.1, 0.15) is 25.1 Å². The number of ether oxygens (including phenoxy) is 2. The Balaban J connectivity index is 1.62. The minimum atomic E-state index is -1.81. The summed E-state index contributed by atoms with van der Waals surface area (Å²) >= 11 is 6.06. The van der Waals surface area contributed by atoms with Gasteiger partial charge in [-0.1, -0.05) is 44.5 Å². The van der Waals surface area contributed by atoms with Crippen molar-refractivity contribution in [1.29, 1.82) is 0 Å². The minimum absolute atomic E-state index is 0.0505. The number of nitrogens with zero attached hydrogens (tertiary/aromatic N) is 1. The molecule has 0 saturated heterocycles. The van der Waals surface area contributed by atoms with Gasteiger partial charge in [0.05, 0.1) is 26.3 Å². The van der Waals surface area contributed by atoms with E-state index in [9.17, 15) is 9.59 Å². The highest BCUT2D eigenvalue weighted by Gasteiger charge is 2.37. The number of hydrogen-bond acceptors (Lipinski definition) is 5. The van der Waals surface area contributed by atoms with Gasteiger partial charge < -0.3 is 13.9 Å². The molecule has 1 atom stereocenters. The molecule has 8 heteroatoms. The van der Waals surface area contributed by atoms with Crippen LogP contribution in [0.25, 0.3) is 6.08 Å². The molecule has 0 spiro atoms. The molecule has 0 radical (unpaired) electrons. The van der Waals surface area contributed by atoms with Gasteiger partial charge in [0.25, 0.3) is 0 Å². The van der Waals surface area contributed by atoms with E-state index in [0.717, 1.165) is 0 Å². The third-order valence-corrected chi connectivity index (χ3v) is 12.2. The van der Waals surface area contributed by atoms with Crippen LogP contribution in [-0.2, 0) is 9.16 Å². The fourth-order valence-electron chi connectivity index (χ4n) is 3.92. The Hall–Kier alpha value is -2.97. The topological polar surface area (TPSA) is 61.8 Å². The number of quaternary nitrogens is 1. The summed E-state index contributed by atoms with van der Waals surface area (Å²) in [4.78, 5) is 25.6. The van der Waals surface area contributed by atoms with E-state index in [2.05, 4.69) is 33.9 Å². The minimum Gasteiger partial charge on any atom is -0.491 e. The summed E-state index contributed by atoms with van der Waals surface area (Å²) in [5, 5.41) is 0.615. The Morgan fingerprint density at radius 3 is 2.38 bits per heavy atom. The molecule has 0 saturated carbocycles. The number of carbonyl (C=O) groups excluding carboxylic acids is 2. The third-order valence-electron chi connectivity index (χ3n) is 7.39. The predicted octanol–water partition coefficient (Wildman–Crippen LogP) is 7.28. The van der Waals surface area contributed by atoms with Crippen molar-refractivity contribution in [2.75, 3.05) is 33.9 Å². The number of benzene rings is 2. The number of Topliss-reactive ketones (excluding diaryl/α,β-unsaturated/α-hetero) is 1. The molecule has 1 heterocycles. The van der Waals surface area contributed by atoms with Crippen LogP contribution in [0, 0.1) is 0 Å². The zero-order valence-corrected chi connectivity index (χ0v) is 25.7. The number of rotatable bonds is 11. The van der Waals surface area contributed by atoms with Crippen LogP contribution >= 0.6 is 11.6 Å². The first-order chi connectivity index (χ1) is 18.3. The molecule has 6 nitrogen and oxygen atoms in total. The maximum Gasteiger partial charge on any atom is 0.338 e. The summed E-state index contributed by atoms with van der Waals surface area (Å²) in [7, 11) is 1.50. The van der Waals surface area contributed by atoms with Gasteiger partial charge in [0.15, 0.2) is 14.0 Å². The molecule has 1 aliphatic rings. The molecule has 208 valence electrons. The standard InChI is InChI=1S/C31H39ClNO5Si/c1-31(2,3)39(6,7)38-21-20-37-26-16-13-24(14-17-26)29(34)28-11-9-19-33(28,4)18-8-10-23-12-15-25(32)22-27(23)30(35)36-5/h8-17,19,22H,18,20-21H2,1-7H3/q+1/b10-8+. The summed E-state index contributed by atoms with van der Waals surface area (Å²) in [5.74, 6) is 0.198. The maximum atomic E-state index is 13.4. The Morgan fingerprint density at radius 1 is 1.05 bits per heavy atom. The fraction of sp³-hybridized carbons (Fsp3) is 0.355. The van der Waals surface area contributed by atoms with Crippen molar-refractivity contribution < 1.29 is 28.0 Å². The van der Waals surface area contributed by atoms with Crippen LogP contribution in [0.3, 0.4) is 0 Å². The molecule has 2 aromatic carbocycles. The lowest BCUT2D eigenvalue weighted by atomic mass is 10.1. The number of halogens is 1. The SMILES string of the molecule is COC(=O)c1cc(Cl)ccc1/C=C/C[N+]1(C)C=CC=C1C(=O)c1ccc(OCCO[Si](C)(C)C(C)(C)C)cc1. The lowest BCUT2D eigenvalue weighted by molar-refractivity contribution is -0.806. The van der Waals surface area contributed by atoms with Gasteiger partial charge in [-0.05, 0) is 72.2 Å². The third kappa shape index (κ3) is 7.57. The highest BCUT2D eigenvalue weighted by Crippen LogP contribution is 2.36. The van der Waals surface area contributed by atoms with E-state index in [4.69, 9.17) is 25.5 Å². The second-order valence-corrected chi connectivity index (χ2v) is 16.5. The van der Waals surface area contributed by atoms with Crippen LogP contribution in [0.5, 0.6) is 5.75 Å². The van der Waals surface area contributed by atoms with Crippen molar-refractivity contribution in [2.24, 2.45) is 0 Å². The number of allylic oxidation sites excluding steroid dienone is 3. The first-order valence-corrected chi connectivity index (χ1v) is 16.3. The van der Waals surface area contributed by atoms with Crippen LogP contribution in [0.15, 0.2) is 72.6 Å². The lowest BCUT2D eigenvalue weighted by Gasteiger charge is -2.36. The van der Waals surface area contributed by atoms with Gasteiger partial charge in [-0.15, -0.1) is 0 Å². The smallest absolute Gasteiger partial charge is 0.338 e. The Bertz CT molecular complexity index is 1290. The molecule has 3 rings (SSSR count). The fourth-order valence-corrected chi connectivity index (χ4v) is 5.12. The van der Waals surface area contributed by atoms with Crippen LogP contribution in [0.4, 0.5) is 0 Å². The summed E-state index contributed by atoms with van der Waals surface area (Å²) in [6, 6.07) is 12.3. The summed E-state index contributed by atoms with van der Waals surface area (Å²) < 4.78 is 17.2. The highest BCUT2D eigenvalue weighted by molar-refractivity contribution is 6.74. The van der Waals surface area contributed by atoms with Crippen LogP contribution < -0.4 is 4.74 Å². The average molecular weight is 569 g/mol. The van der Waals surface area contributed by atoms with Gasteiger partial charge in [-0.25, -0.2) is 4.79 Å². The van der Waals surface area contributed by atoms with E-state index in [-0.39, 0.29) is 10.8 Å². The molecule has 0 N–H and O–H groups in total. The van der Waals surface area contributed by atoms with Crippen molar-refractivity contribution in [1.82, 2.24) is 0 Å². The van der Waals surface area contributed by atoms with Crippen LogP contribution in [0.1, 0.15) is 47.1 Å². The summed E-state index contributed by atoms with van der Waals surface area (Å²) in [6.07, 6.45) is 9.50. The molecule has 0 aliphatic carbocycles. The first-order valence-electron chi connectivity index (χ1n) is 13.0. The molecular formula is C31H39ClNO5Si+. The number of methoxy groups -OCH3 is 1. The van der Waals surface area contributed by atoms with Crippen molar-refractivity contribution in [3.05, 3.63) is 94.3 Å². The summed E-state index contributed by atoms with van der Waals surface area (Å²) in [5.41, 5.74) is 2.33. The van der Waals surface area contributed by atoms with E-state index in [1.807, 2.05) is 49.7 Å².